The molecule has 1 aliphatic rings. The molecule has 3 nitrogen and oxygen atoms in total. The lowest BCUT2D eigenvalue weighted by Gasteiger charge is -2.04. The number of aryl methyl sites for hydroxylation is 2. The zero-order valence-electron chi connectivity index (χ0n) is 12.5. The summed E-state index contributed by atoms with van der Waals surface area (Å²) in [7, 11) is 0. The van der Waals surface area contributed by atoms with Crippen LogP contribution in [0.5, 0.6) is 0 Å². The third-order valence-electron chi connectivity index (χ3n) is 3.81. The quantitative estimate of drug-likeness (QED) is 0.845. The monoisotopic (exact) mass is 320 g/mol. The van der Waals surface area contributed by atoms with Gasteiger partial charge in [-0.3, -0.25) is 4.79 Å². The maximum Gasteiger partial charge on any atom is 0.251 e. The van der Waals surface area contributed by atoms with Crippen LogP contribution >= 0.6 is 23.1 Å². The van der Waals surface area contributed by atoms with Crippen LogP contribution in [0.15, 0.2) is 23.2 Å². The summed E-state index contributed by atoms with van der Waals surface area (Å²) in [5.74, 6) is 1.29. The van der Waals surface area contributed by atoms with E-state index in [4.69, 9.17) is 0 Å². The van der Waals surface area contributed by atoms with Crippen molar-refractivity contribution in [2.45, 2.75) is 32.7 Å². The van der Waals surface area contributed by atoms with Gasteiger partial charge in [-0.2, -0.15) is 16.8 Å². The second kappa shape index (κ2) is 6.36. The highest BCUT2D eigenvalue weighted by Crippen LogP contribution is 2.30. The Balaban J connectivity index is 2.09. The maximum absolute atomic E-state index is 12.0. The van der Waals surface area contributed by atoms with Crippen molar-refractivity contribution in [1.82, 2.24) is 4.57 Å². The zero-order valence-corrected chi connectivity index (χ0v) is 14.1. The van der Waals surface area contributed by atoms with E-state index >= 15 is 0 Å². The molecule has 0 atom stereocenters. The van der Waals surface area contributed by atoms with Gasteiger partial charge in [-0.25, -0.2) is 0 Å². The van der Waals surface area contributed by atoms with Crippen LogP contribution in [0.25, 0.3) is 10.2 Å². The minimum Gasteiger partial charge on any atom is -0.316 e. The van der Waals surface area contributed by atoms with Crippen molar-refractivity contribution in [3.8, 4) is 0 Å². The normalized spacial score (nSPS) is 15.8. The van der Waals surface area contributed by atoms with E-state index in [1.54, 1.807) is 11.3 Å². The van der Waals surface area contributed by atoms with Crippen LogP contribution in [0.3, 0.4) is 0 Å². The van der Waals surface area contributed by atoms with E-state index in [0.29, 0.717) is 0 Å². The average molecular weight is 320 g/mol. The molecule has 1 aliphatic carbocycles. The van der Waals surface area contributed by atoms with Gasteiger partial charge in [0.1, 0.15) is 0 Å². The molecule has 0 radical (unpaired) electrons. The highest BCUT2D eigenvalue weighted by molar-refractivity contribution is 7.98. The molecule has 0 N–H and O–H groups in total. The molecule has 2 aromatic rings. The molecule has 0 aliphatic heterocycles. The SMILES string of the molecule is CCc1ccc2c(c1)sc(=NC(=O)C1CC1)n2CCSC. The molecular formula is C16H20N2OS2. The lowest BCUT2D eigenvalue weighted by Crippen LogP contribution is -2.18. The van der Waals surface area contributed by atoms with Crippen LogP contribution in [0.4, 0.5) is 0 Å². The molecule has 1 amide bonds. The van der Waals surface area contributed by atoms with E-state index in [-0.39, 0.29) is 11.8 Å². The summed E-state index contributed by atoms with van der Waals surface area (Å²) in [6.45, 7) is 3.07. The van der Waals surface area contributed by atoms with E-state index in [0.717, 1.165) is 36.4 Å². The Morgan fingerprint density at radius 2 is 2.29 bits per heavy atom. The van der Waals surface area contributed by atoms with Gasteiger partial charge < -0.3 is 4.57 Å². The standard InChI is InChI=1S/C16H20N2OS2/c1-3-11-4-7-13-14(10-11)21-16(18(13)8-9-20-2)17-15(19)12-5-6-12/h4,7,10,12H,3,5-6,8-9H2,1-2H3. The van der Waals surface area contributed by atoms with E-state index in [1.807, 2.05) is 11.8 Å². The third kappa shape index (κ3) is 3.24. The van der Waals surface area contributed by atoms with Crippen molar-refractivity contribution >= 4 is 39.2 Å². The Morgan fingerprint density at radius 3 is 2.95 bits per heavy atom. The molecule has 112 valence electrons. The molecule has 1 aromatic carbocycles. The maximum atomic E-state index is 12.0. The fourth-order valence-corrected chi connectivity index (χ4v) is 3.83. The number of thiazole rings is 1. The molecule has 21 heavy (non-hydrogen) atoms. The molecule has 1 aromatic heterocycles. The first kappa shape index (κ1) is 14.9. The van der Waals surface area contributed by atoms with Crippen LogP contribution in [0.1, 0.15) is 25.3 Å². The molecule has 0 spiro atoms. The number of rotatable bonds is 5. The largest absolute Gasteiger partial charge is 0.316 e. The smallest absolute Gasteiger partial charge is 0.251 e. The molecule has 0 bridgehead atoms. The molecular weight excluding hydrogens is 300 g/mol. The summed E-state index contributed by atoms with van der Waals surface area (Å²) in [6.07, 6.45) is 5.17. The van der Waals surface area contributed by atoms with Gasteiger partial charge in [0.2, 0.25) is 0 Å². The second-order valence-electron chi connectivity index (χ2n) is 5.41. The number of nitrogens with zero attached hydrogens (tertiary/aromatic N) is 2. The minimum absolute atomic E-state index is 0.0650. The predicted octanol–water partition coefficient (Wildman–Crippen LogP) is 3.47. The highest BCUT2D eigenvalue weighted by atomic mass is 32.2. The fraction of sp³-hybridized carbons (Fsp3) is 0.500. The third-order valence-corrected chi connectivity index (χ3v) is 5.44. The van der Waals surface area contributed by atoms with Gasteiger partial charge >= 0.3 is 0 Å². The molecule has 0 unspecified atom stereocenters. The number of aromatic nitrogens is 1. The second-order valence-corrected chi connectivity index (χ2v) is 7.40. The van der Waals surface area contributed by atoms with Gasteiger partial charge in [-0.05, 0) is 43.2 Å². The van der Waals surface area contributed by atoms with E-state index in [9.17, 15) is 4.79 Å². The van der Waals surface area contributed by atoms with Crippen LogP contribution in [-0.4, -0.2) is 22.5 Å². The Morgan fingerprint density at radius 1 is 1.48 bits per heavy atom. The first-order chi connectivity index (χ1) is 10.2. The Bertz CT molecular complexity index is 725. The Hall–Kier alpha value is -1.07. The summed E-state index contributed by atoms with van der Waals surface area (Å²) in [4.78, 5) is 17.3. The summed E-state index contributed by atoms with van der Waals surface area (Å²) in [5, 5.41) is 0. The summed E-state index contributed by atoms with van der Waals surface area (Å²) < 4.78 is 3.44. The zero-order chi connectivity index (χ0) is 14.8. The van der Waals surface area contributed by atoms with Crippen LogP contribution in [-0.2, 0) is 17.8 Å². The number of hydrogen-bond acceptors (Lipinski definition) is 3. The first-order valence-corrected chi connectivity index (χ1v) is 9.63. The Kier molecular flexibility index (Phi) is 4.50. The molecule has 1 heterocycles. The summed E-state index contributed by atoms with van der Waals surface area (Å²) in [5.41, 5.74) is 2.54. The first-order valence-electron chi connectivity index (χ1n) is 7.42. The molecule has 0 saturated heterocycles. The predicted molar refractivity (Wildman–Crippen MR) is 90.9 cm³/mol. The summed E-state index contributed by atoms with van der Waals surface area (Å²) in [6, 6.07) is 6.58. The topological polar surface area (TPSA) is 34.4 Å². The highest BCUT2D eigenvalue weighted by Gasteiger charge is 2.29. The van der Waals surface area contributed by atoms with Crippen LogP contribution in [0.2, 0.25) is 0 Å². The molecule has 1 saturated carbocycles. The van der Waals surface area contributed by atoms with Crippen molar-refractivity contribution in [3.63, 3.8) is 0 Å². The molecule has 1 fully saturated rings. The van der Waals surface area contributed by atoms with Crippen molar-refractivity contribution < 1.29 is 4.79 Å². The molecule has 3 rings (SSSR count). The van der Waals surface area contributed by atoms with Crippen molar-refractivity contribution in [3.05, 3.63) is 28.6 Å². The van der Waals surface area contributed by atoms with Gasteiger partial charge in [0.05, 0.1) is 10.2 Å². The molecule has 5 heteroatoms. The number of amides is 1. The van der Waals surface area contributed by atoms with Gasteiger partial charge in [-0.15, -0.1) is 0 Å². The van der Waals surface area contributed by atoms with Crippen LogP contribution in [0, 0.1) is 5.92 Å². The van der Waals surface area contributed by atoms with Gasteiger partial charge in [-0.1, -0.05) is 24.3 Å². The van der Waals surface area contributed by atoms with E-state index in [2.05, 4.69) is 40.9 Å². The van der Waals surface area contributed by atoms with E-state index < -0.39 is 0 Å². The number of carbonyl (C=O) groups excluding carboxylic acids is 1. The number of fused-ring (bicyclic) bond motifs is 1. The number of thioether (sulfide) groups is 1. The fourth-order valence-electron chi connectivity index (χ4n) is 2.34. The minimum atomic E-state index is 0.0650. The van der Waals surface area contributed by atoms with Crippen LogP contribution < -0.4 is 4.80 Å². The lowest BCUT2D eigenvalue weighted by atomic mass is 10.2. The van der Waals surface area contributed by atoms with E-state index in [1.165, 1.54) is 15.8 Å². The Labute approximate surface area is 133 Å². The number of hydrogen-bond donors (Lipinski definition) is 0. The number of benzene rings is 1. The number of carbonyl (C=O) groups is 1. The summed E-state index contributed by atoms with van der Waals surface area (Å²) >= 11 is 3.46. The lowest BCUT2D eigenvalue weighted by molar-refractivity contribution is -0.119. The van der Waals surface area contributed by atoms with Gasteiger partial charge in [0, 0.05) is 18.2 Å². The van der Waals surface area contributed by atoms with Gasteiger partial charge in [0.15, 0.2) is 4.80 Å². The average Bonchev–Trinajstić information content (AvgIpc) is 3.28. The van der Waals surface area contributed by atoms with Crippen molar-refractivity contribution in [2.24, 2.45) is 10.9 Å². The van der Waals surface area contributed by atoms with Crippen molar-refractivity contribution in [2.75, 3.05) is 12.0 Å². The van der Waals surface area contributed by atoms with Gasteiger partial charge in [0.25, 0.3) is 5.91 Å². The van der Waals surface area contributed by atoms with Crippen molar-refractivity contribution in [1.29, 1.82) is 0 Å².